The summed E-state index contributed by atoms with van der Waals surface area (Å²) in [6.07, 6.45) is 8.12. The fourth-order valence-electron chi connectivity index (χ4n) is 4.64. The van der Waals surface area contributed by atoms with E-state index in [-0.39, 0.29) is 5.41 Å². The lowest BCUT2D eigenvalue weighted by molar-refractivity contribution is 0.166. The summed E-state index contributed by atoms with van der Waals surface area (Å²) in [5, 5.41) is 5.66. The van der Waals surface area contributed by atoms with E-state index in [4.69, 9.17) is 14.7 Å². The number of para-hydroxylation sites is 1. The zero-order chi connectivity index (χ0) is 26.5. The number of thiophene rings is 1. The molecular formula is C30H33N5OS2. The van der Waals surface area contributed by atoms with Gasteiger partial charge in [-0.2, -0.15) is 0 Å². The molecule has 196 valence electrons. The summed E-state index contributed by atoms with van der Waals surface area (Å²) in [6.45, 7) is 8.61. The first-order valence-electron chi connectivity index (χ1n) is 12.8. The van der Waals surface area contributed by atoms with Crippen molar-refractivity contribution in [3.63, 3.8) is 0 Å². The number of hydrogen-bond acceptors (Lipinski definition) is 7. The smallest absolute Gasteiger partial charge is 0.197 e. The van der Waals surface area contributed by atoms with Crippen LogP contribution in [-0.4, -0.2) is 40.8 Å². The van der Waals surface area contributed by atoms with Crippen molar-refractivity contribution >= 4 is 45.0 Å². The first-order valence-corrected chi connectivity index (χ1v) is 14.5. The highest BCUT2D eigenvalue weighted by Gasteiger charge is 2.32. The monoisotopic (exact) mass is 543 g/mol. The number of nitrogens with zero attached hydrogens (tertiary/aromatic N) is 4. The van der Waals surface area contributed by atoms with Crippen molar-refractivity contribution in [3.8, 4) is 11.5 Å². The summed E-state index contributed by atoms with van der Waals surface area (Å²) in [5.74, 6) is 2.70. The quantitative estimate of drug-likeness (QED) is 0.189. The number of pyridine rings is 2. The van der Waals surface area contributed by atoms with Gasteiger partial charge in [0.2, 0.25) is 0 Å². The summed E-state index contributed by atoms with van der Waals surface area (Å²) >= 11 is 3.36. The minimum absolute atomic E-state index is 0.104. The molecule has 38 heavy (non-hydrogen) atoms. The molecule has 1 aliphatic rings. The van der Waals surface area contributed by atoms with E-state index in [0.29, 0.717) is 11.6 Å². The van der Waals surface area contributed by atoms with Crippen LogP contribution in [0.2, 0.25) is 0 Å². The van der Waals surface area contributed by atoms with Gasteiger partial charge in [0.1, 0.15) is 11.6 Å². The Morgan fingerprint density at radius 2 is 1.95 bits per heavy atom. The second kappa shape index (κ2) is 11.7. The molecule has 6 nitrogen and oxygen atoms in total. The van der Waals surface area contributed by atoms with Gasteiger partial charge in [0.05, 0.1) is 10.2 Å². The Bertz CT molecular complexity index is 1460. The zero-order valence-corrected chi connectivity index (χ0v) is 23.9. The SMILES string of the molecule is C/C=C(\N/C(C)=N/c1ncc(Sc2ccnc3ccsc23)cc1Oc1ccccc1)C1(C)CCN(C)CC1. The van der Waals surface area contributed by atoms with Crippen LogP contribution in [0.15, 0.2) is 92.9 Å². The molecule has 8 heteroatoms. The summed E-state index contributed by atoms with van der Waals surface area (Å²) in [6, 6.07) is 15.9. The Labute approximate surface area is 232 Å². The number of benzene rings is 1. The van der Waals surface area contributed by atoms with Gasteiger partial charge in [-0.25, -0.2) is 9.98 Å². The van der Waals surface area contributed by atoms with E-state index in [1.54, 1.807) is 23.1 Å². The number of nitrogens with one attached hydrogen (secondary N) is 1. The van der Waals surface area contributed by atoms with E-state index in [1.165, 1.54) is 10.4 Å². The van der Waals surface area contributed by atoms with Crippen LogP contribution in [0.4, 0.5) is 5.82 Å². The highest BCUT2D eigenvalue weighted by atomic mass is 32.2. The van der Waals surface area contributed by atoms with Crippen molar-refractivity contribution in [1.82, 2.24) is 20.2 Å². The van der Waals surface area contributed by atoms with Crippen LogP contribution in [0.5, 0.6) is 11.5 Å². The van der Waals surface area contributed by atoms with Gasteiger partial charge in [-0.3, -0.25) is 4.98 Å². The second-order valence-electron chi connectivity index (χ2n) is 9.84. The molecule has 0 atom stereocenters. The second-order valence-corrected chi connectivity index (χ2v) is 11.9. The van der Waals surface area contributed by atoms with E-state index >= 15 is 0 Å². The van der Waals surface area contributed by atoms with Crippen molar-refractivity contribution in [2.75, 3.05) is 20.1 Å². The zero-order valence-electron chi connectivity index (χ0n) is 22.3. The highest BCUT2D eigenvalue weighted by molar-refractivity contribution is 7.99. The molecule has 0 aliphatic carbocycles. The topological polar surface area (TPSA) is 62.6 Å². The third kappa shape index (κ3) is 6.09. The lowest BCUT2D eigenvalue weighted by atomic mass is 9.77. The Kier molecular flexibility index (Phi) is 8.12. The van der Waals surface area contributed by atoms with Gasteiger partial charge in [-0.15, -0.1) is 11.3 Å². The van der Waals surface area contributed by atoms with Gasteiger partial charge >= 0.3 is 0 Å². The number of allylic oxidation sites excluding steroid dienone is 2. The molecule has 1 fully saturated rings. The number of amidine groups is 1. The number of rotatable bonds is 7. The van der Waals surface area contributed by atoms with E-state index in [9.17, 15) is 0 Å². The Morgan fingerprint density at radius 1 is 1.16 bits per heavy atom. The highest BCUT2D eigenvalue weighted by Crippen LogP contribution is 2.40. The normalized spacial score (nSPS) is 16.5. The van der Waals surface area contributed by atoms with Gasteiger partial charge in [-0.05, 0) is 76.5 Å². The van der Waals surface area contributed by atoms with Gasteiger partial charge in [-0.1, -0.05) is 43.0 Å². The lowest BCUT2D eigenvalue weighted by Crippen LogP contribution is -2.41. The van der Waals surface area contributed by atoms with Crippen LogP contribution in [0.25, 0.3) is 10.2 Å². The average Bonchev–Trinajstić information content (AvgIpc) is 3.41. The minimum Gasteiger partial charge on any atom is -0.453 e. The van der Waals surface area contributed by atoms with Gasteiger partial charge in [0.15, 0.2) is 11.6 Å². The van der Waals surface area contributed by atoms with E-state index in [1.807, 2.05) is 67.8 Å². The van der Waals surface area contributed by atoms with Gasteiger partial charge in [0, 0.05) is 39.4 Å². The molecule has 1 saturated heterocycles. The molecule has 0 unspecified atom stereocenters. The van der Waals surface area contributed by atoms with Crippen LogP contribution in [0.1, 0.15) is 33.6 Å². The number of piperidine rings is 1. The Hall–Kier alpha value is -3.20. The van der Waals surface area contributed by atoms with Crippen molar-refractivity contribution < 1.29 is 4.74 Å². The molecule has 0 radical (unpaired) electrons. The first-order chi connectivity index (χ1) is 18.4. The molecule has 1 aliphatic heterocycles. The summed E-state index contributed by atoms with van der Waals surface area (Å²) in [5.41, 5.74) is 2.32. The van der Waals surface area contributed by atoms with Crippen molar-refractivity contribution in [2.24, 2.45) is 10.4 Å². The van der Waals surface area contributed by atoms with Gasteiger partial charge in [0.25, 0.3) is 0 Å². The maximum Gasteiger partial charge on any atom is 0.197 e. The van der Waals surface area contributed by atoms with Gasteiger partial charge < -0.3 is 15.0 Å². The number of aliphatic imine (C=N–C) groups is 1. The lowest BCUT2D eigenvalue weighted by Gasteiger charge is -2.40. The molecular weight excluding hydrogens is 510 g/mol. The molecule has 0 saturated carbocycles. The number of fused-ring (bicyclic) bond motifs is 1. The predicted octanol–water partition coefficient (Wildman–Crippen LogP) is 7.91. The van der Waals surface area contributed by atoms with E-state index in [0.717, 1.165) is 52.8 Å². The maximum atomic E-state index is 6.30. The van der Waals surface area contributed by atoms with Crippen LogP contribution in [-0.2, 0) is 0 Å². The number of aromatic nitrogens is 2. The summed E-state index contributed by atoms with van der Waals surface area (Å²) in [7, 11) is 2.19. The van der Waals surface area contributed by atoms with Crippen LogP contribution < -0.4 is 10.1 Å². The van der Waals surface area contributed by atoms with Crippen molar-refractivity contribution in [3.05, 3.63) is 78.1 Å². The molecule has 4 heterocycles. The fraction of sp³-hybridized carbons (Fsp3) is 0.300. The number of ether oxygens (including phenoxy) is 1. The maximum absolute atomic E-state index is 6.30. The molecule has 5 rings (SSSR count). The third-order valence-corrected chi connectivity index (χ3v) is 9.02. The number of hydrogen-bond donors (Lipinski definition) is 1. The first kappa shape index (κ1) is 26.4. The Balaban J connectivity index is 1.43. The molecule has 3 aromatic heterocycles. The Morgan fingerprint density at radius 3 is 2.71 bits per heavy atom. The number of likely N-dealkylation sites (tertiary alicyclic amines) is 1. The molecule has 0 bridgehead atoms. The van der Waals surface area contributed by atoms with Crippen molar-refractivity contribution in [1.29, 1.82) is 0 Å². The molecule has 1 N–H and O–H groups in total. The predicted molar refractivity (Wildman–Crippen MR) is 159 cm³/mol. The van der Waals surface area contributed by atoms with E-state index < -0.39 is 0 Å². The largest absolute Gasteiger partial charge is 0.453 e. The third-order valence-electron chi connectivity index (χ3n) is 6.93. The molecule has 1 aromatic carbocycles. The van der Waals surface area contributed by atoms with Crippen LogP contribution >= 0.6 is 23.1 Å². The van der Waals surface area contributed by atoms with Crippen molar-refractivity contribution in [2.45, 2.75) is 43.4 Å². The minimum atomic E-state index is 0.104. The molecule has 4 aromatic rings. The molecule has 0 spiro atoms. The average molecular weight is 544 g/mol. The van der Waals surface area contributed by atoms with E-state index in [2.05, 4.69) is 47.6 Å². The van der Waals surface area contributed by atoms with Crippen LogP contribution in [0, 0.1) is 5.41 Å². The standard InChI is InChI=1S/C30H33N5OS2/c1-5-27(30(3)13-16-35(4)17-14-30)33-21(2)34-29-25(36-22-9-7-6-8-10-22)19-23(20-32-29)38-26-11-15-31-24-12-18-37-28(24)26/h5-12,15,18-20H,13-14,16-17H2,1-4H3,(H,32,33,34)/b27-5-. The van der Waals surface area contributed by atoms with Crippen LogP contribution in [0.3, 0.4) is 0 Å². The summed E-state index contributed by atoms with van der Waals surface area (Å²) < 4.78 is 7.47. The summed E-state index contributed by atoms with van der Waals surface area (Å²) in [4.78, 5) is 18.6. The molecule has 0 amide bonds. The fourth-order valence-corrected chi connectivity index (χ4v) is 6.52.